The fraction of sp³-hybridized carbons (Fsp3) is 0.175. The molecule has 0 aliphatic rings. The summed E-state index contributed by atoms with van der Waals surface area (Å²) in [5.41, 5.74) is 13.4. The van der Waals surface area contributed by atoms with Crippen LogP contribution in [0.4, 0.5) is 0 Å². The van der Waals surface area contributed by atoms with Crippen LogP contribution in [0.15, 0.2) is 102 Å². The molecule has 7 aromatic rings. The van der Waals surface area contributed by atoms with Gasteiger partial charge < -0.3 is 14.4 Å². The first kappa shape index (κ1) is 32.0. The van der Waals surface area contributed by atoms with Crippen LogP contribution in [0, 0.1) is 39.8 Å². The van der Waals surface area contributed by atoms with Gasteiger partial charge >= 0.3 is 0 Å². The Bertz CT molecular complexity index is 2060. The smallest absolute Gasteiger partial charge is 0.216 e. The summed E-state index contributed by atoms with van der Waals surface area (Å²) in [6.07, 6.45) is 3.81. The molecule has 4 nitrogen and oxygen atoms in total. The summed E-state index contributed by atoms with van der Waals surface area (Å²) in [6.45, 7) is 12.8. The summed E-state index contributed by atoms with van der Waals surface area (Å²) in [5.74, 6) is 0.429. The number of rotatable bonds is 4. The summed E-state index contributed by atoms with van der Waals surface area (Å²) < 4.78 is 6.33. The van der Waals surface area contributed by atoms with Gasteiger partial charge in [-0.05, 0) is 85.0 Å². The van der Waals surface area contributed by atoms with Gasteiger partial charge in [-0.3, -0.25) is 0 Å². The van der Waals surface area contributed by atoms with E-state index < -0.39 is 0 Å². The fourth-order valence-corrected chi connectivity index (χ4v) is 5.65. The molecule has 7 rings (SSSR count). The SMILES string of the molecule is Cc1ccc(-c2[c-]cccc2)nc1.Cc1cnc(-c2[c-]ccc3c2oc2nc(-c4c(C)cccc4C)ccc23)cc1C(C)C.[Ir]. The van der Waals surface area contributed by atoms with Crippen LogP contribution in [-0.4, -0.2) is 15.0 Å². The van der Waals surface area contributed by atoms with Crippen molar-refractivity contribution < 1.29 is 24.5 Å². The van der Waals surface area contributed by atoms with E-state index in [4.69, 9.17) is 9.40 Å². The number of hydrogen-bond acceptors (Lipinski definition) is 4. The maximum Gasteiger partial charge on any atom is 0.216 e. The zero-order valence-corrected chi connectivity index (χ0v) is 28.8. The molecule has 0 bridgehead atoms. The average molecular weight is 766 g/mol. The summed E-state index contributed by atoms with van der Waals surface area (Å²) >= 11 is 0. The largest absolute Gasteiger partial charge is 0.486 e. The average Bonchev–Trinajstić information content (AvgIpc) is 3.40. The molecule has 3 aromatic carbocycles. The monoisotopic (exact) mass is 766 g/mol. The summed E-state index contributed by atoms with van der Waals surface area (Å²) in [5, 5.41) is 2.05. The molecule has 0 aliphatic heterocycles. The van der Waals surface area contributed by atoms with Crippen LogP contribution in [-0.2, 0) is 20.1 Å². The van der Waals surface area contributed by atoms with E-state index >= 15 is 0 Å². The quantitative estimate of drug-likeness (QED) is 0.168. The van der Waals surface area contributed by atoms with Crippen LogP contribution >= 0.6 is 0 Å². The van der Waals surface area contributed by atoms with E-state index in [9.17, 15) is 0 Å². The second-order valence-corrected chi connectivity index (χ2v) is 11.6. The molecule has 5 heteroatoms. The molecule has 0 fully saturated rings. The number of hydrogen-bond donors (Lipinski definition) is 0. The van der Waals surface area contributed by atoms with Gasteiger partial charge in [0.15, 0.2) is 0 Å². The second-order valence-electron chi connectivity index (χ2n) is 11.6. The zero-order chi connectivity index (χ0) is 30.8. The Labute approximate surface area is 279 Å². The molecular formula is C40H35IrN3O-2. The minimum absolute atomic E-state index is 0. The van der Waals surface area contributed by atoms with E-state index in [1.54, 1.807) is 0 Å². The number of aromatic nitrogens is 3. The van der Waals surface area contributed by atoms with E-state index in [2.05, 4.69) is 99.2 Å². The number of pyridine rings is 3. The van der Waals surface area contributed by atoms with E-state index in [-0.39, 0.29) is 20.1 Å². The maximum atomic E-state index is 6.33. The molecule has 0 unspecified atom stereocenters. The predicted molar refractivity (Wildman–Crippen MR) is 181 cm³/mol. The van der Waals surface area contributed by atoms with Crippen LogP contribution in [0.2, 0.25) is 0 Å². The molecular weight excluding hydrogens is 731 g/mol. The first-order valence-corrected chi connectivity index (χ1v) is 15.0. The summed E-state index contributed by atoms with van der Waals surface area (Å²) in [7, 11) is 0. The minimum Gasteiger partial charge on any atom is -0.486 e. The molecule has 45 heavy (non-hydrogen) atoms. The maximum absolute atomic E-state index is 6.33. The van der Waals surface area contributed by atoms with Crippen LogP contribution < -0.4 is 0 Å². The molecule has 0 saturated carbocycles. The molecule has 0 saturated heterocycles. The van der Waals surface area contributed by atoms with Crippen LogP contribution in [0.25, 0.3) is 55.8 Å². The molecule has 227 valence electrons. The van der Waals surface area contributed by atoms with Crippen molar-refractivity contribution in [3.8, 4) is 33.8 Å². The van der Waals surface area contributed by atoms with Crippen LogP contribution in [0.1, 0.15) is 47.6 Å². The van der Waals surface area contributed by atoms with Crippen molar-refractivity contribution in [1.29, 1.82) is 0 Å². The number of nitrogens with zero attached hydrogens (tertiary/aromatic N) is 3. The van der Waals surface area contributed by atoms with Crippen LogP contribution in [0.3, 0.4) is 0 Å². The third kappa shape index (κ3) is 6.66. The first-order chi connectivity index (χ1) is 21.3. The predicted octanol–water partition coefficient (Wildman–Crippen LogP) is 10.4. The molecule has 4 aromatic heterocycles. The second kappa shape index (κ2) is 13.7. The van der Waals surface area contributed by atoms with Crippen molar-refractivity contribution in [2.75, 3.05) is 0 Å². The Hall–Kier alpha value is -4.44. The van der Waals surface area contributed by atoms with Gasteiger partial charge in [-0.25, -0.2) is 4.98 Å². The van der Waals surface area contributed by atoms with Gasteiger partial charge in [-0.1, -0.05) is 61.2 Å². The molecule has 0 atom stereocenters. The summed E-state index contributed by atoms with van der Waals surface area (Å²) in [4.78, 5) is 13.9. The molecule has 0 amide bonds. The van der Waals surface area contributed by atoms with Gasteiger partial charge in [0.25, 0.3) is 0 Å². The molecule has 4 heterocycles. The standard InChI is InChI=1S/C28H25N2O.C12H10N.Ir/c1-16(2)23-14-25(29-15-19(23)5)22-11-7-10-20-21-12-13-24(30-28(21)31-27(20)22)26-17(3)8-6-9-18(26)4;1-10-7-8-12(13-9-10)11-5-3-2-4-6-11;/h6-10,12-16H,1-5H3;2-5,7-9H,1H3;/q2*-1;. The van der Waals surface area contributed by atoms with Gasteiger partial charge in [0.05, 0.1) is 11.3 Å². The number of benzene rings is 3. The zero-order valence-electron chi connectivity index (χ0n) is 26.4. The summed E-state index contributed by atoms with van der Waals surface area (Å²) in [6, 6.07) is 35.1. The van der Waals surface area contributed by atoms with Gasteiger partial charge in [0.2, 0.25) is 5.71 Å². The van der Waals surface area contributed by atoms with Gasteiger partial charge in [0, 0.05) is 43.4 Å². The normalized spacial score (nSPS) is 10.9. The Morgan fingerprint density at radius 1 is 0.667 bits per heavy atom. The van der Waals surface area contributed by atoms with E-state index in [1.165, 1.54) is 33.4 Å². The number of aryl methyl sites for hydroxylation is 4. The van der Waals surface area contributed by atoms with Gasteiger partial charge in [-0.15, -0.1) is 54.1 Å². The Morgan fingerprint density at radius 2 is 1.42 bits per heavy atom. The number of fused-ring (bicyclic) bond motifs is 3. The Kier molecular flexibility index (Phi) is 9.72. The minimum atomic E-state index is 0. The fourth-order valence-electron chi connectivity index (χ4n) is 5.65. The van der Waals surface area contributed by atoms with Gasteiger partial charge in [0.1, 0.15) is 0 Å². The number of furan rings is 1. The molecule has 0 aliphatic carbocycles. The van der Waals surface area contributed by atoms with Gasteiger partial charge in [-0.2, -0.15) is 0 Å². The topological polar surface area (TPSA) is 51.8 Å². The van der Waals surface area contributed by atoms with E-state index in [0.717, 1.165) is 44.6 Å². The molecule has 0 N–H and O–H groups in total. The third-order valence-corrected chi connectivity index (χ3v) is 7.96. The van der Waals surface area contributed by atoms with Crippen molar-refractivity contribution in [2.45, 2.75) is 47.5 Å². The van der Waals surface area contributed by atoms with Crippen molar-refractivity contribution in [2.24, 2.45) is 0 Å². The third-order valence-electron chi connectivity index (χ3n) is 7.96. The van der Waals surface area contributed by atoms with Crippen LogP contribution in [0.5, 0.6) is 0 Å². The Balaban J connectivity index is 0.000000240. The molecule has 0 spiro atoms. The Morgan fingerprint density at radius 3 is 2.11 bits per heavy atom. The first-order valence-electron chi connectivity index (χ1n) is 15.0. The van der Waals surface area contributed by atoms with E-state index in [0.29, 0.717) is 11.6 Å². The molecule has 1 radical (unpaired) electrons. The van der Waals surface area contributed by atoms with E-state index in [1.807, 2.05) is 61.8 Å². The van der Waals surface area contributed by atoms with Crippen molar-refractivity contribution in [1.82, 2.24) is 15.0 Å². The van der Waals surface area contributed by atoms with Crippen molar-refractivity contribution in [3.05, 3.63) is 137 Å². The van der Waals surface area contributed by atoms with Crippen molar-refractivity contribution in [3.63, 3.8) is 0 Å². The van der Waals surface area contributed by atoms with Crippen molar-refractivity contribution >= 4 is 22.1 Å².